The SMILES string of the molecule is CC(=O)/C(=C\N(C)C)C(=O)N[C@@H](C)C(C)C. The van der Waals surface area contributed by atoms with E-state index < -0.39 is 0 Å². The third-order valence-corrected chi connectivity index (χ3v) is 2.37. The van der Waals surface area contributed by atoms with Crippen LogP contribution in [-0.2, 0) is 9.59 Å². The third kappa shape index (κ3) is 4.96. The van der Waals surface area contributed by atoms with E-state index in [-0.39, 0.29) is 23.3 Å². The van der Waals surface area contributed by atoms with Crippen LogP contribution in [-0.4, -0.2) is 36.7 Å². The molecule has 0 aliphatic rings. The molecule has 0 aromatic rings. The third-order valence-electron chi connectivity index (χ3n) is 2.37. The van der Waals surface area contributed by atoms with Gasteiger partial charge in [0.15, 0.2) is 5.78 Å². The Labute approximate surface area is 97.7 Å². The highest BCUT2D eigenvalue weighted by atomic mass is 16.2. The zero-order valence-corrected chi connectivity index (χ0v) is 11.0. The lowest BCUT2D eigenvalue weighted by Gasteiger charge is -2.18. The maximum atomic E-state index is 11.8. The number of hydrogen-bond donors (Lipinski definition) is 1. The number of carbonyl (C=O) groups is 2. The molecule has 16 heavy (non-hydrogen) atoms. The van der Waals surface area contributed by atoms with E-state index in [4.69, 9.17) is 0 Å². The van der Waals surface area contributed by atoms with Crippen molar-refractivity contribution < 1.29 is 9.59 Å². The Kier molecular flexibility index (Phi) is 5.78. The summed E-state index contributed by atoms with van der Waals surface area (Å²) in [6, 6.07) is 0.0532. The first kappa shape index (κ1) is 14.7. The van der Waals surface area contributed by atoms with Crippen molar-refractivity contribution in [3.05, 3.63) is 11.8 Å². The van der Waals surface area contributed by atoms with Crippen LogP contribution in [0.15, 0.2) is 11.8 Å². The van der Waals surface area contributed by atoms with Gasteiger partial charge in [0.05, 0.1) is 5.57 Å². The van der Waals surface area contributed by atoms with E-state index in [0.717, 1.165) is 0 Å². The van der Waals surface area contributed by atoms with Crippen molar-refractivity contribution in [3.8, 4) is 0 Å². The zero-order chi connectivity index (χ0) is 12.9. The summed E-state index contributed by atoms with van der Waals surface area (Å²) in [7, 11) is 3.56. The summed E-state index contributed by atoms with van der Waals surface area (Å²) in [5, 5.41) is 2.81. The largest absolute Gasteiger partial charge is 0.383 e. The lowest BCUT2D eigenvalue weighted by atomic mass is 10.1. The number of nitrogens with one attached hydrogen (secondary N) is 1. The van der Waals surface area contributed by atoms with E-state index in [1.165, 1.54) is 6.92 Å². The fraction of sp³-hybridized carbons (Fsp3) is 0.667. The first-order valence-electron chi connectivity index (χ1n) is 5.45. The Morgan fingerprint density at radius 3 is 2.00 bits per heavy atom. The summed E-state index contributed by atoms with van der Waals surface area (Å²) in [4.78, 5) is 24.8. The molecule has 4 nitrogen and oxygen atoms in total. The fourth-order valence-electron chi connectivity index (χ4n) is 1.02. The van der Waals surface area contributed by atoms with E-state index in [1.807, 2.05) is 20.8 Å². The second kappa shape index (κ2) is 6.30. The van der Waals surface area contributed by atoms with Crippen LogP contribution in [0.1, 0.15) is 27.7 Å². The van der Waals surface area contributed by atoms with Crippen LogP contribution in [0.25, 0.3) is 0 Å². The molecule has 0 aromatic carbocycles. The van der Waals surface area contributed by atoms with E-state index >= 15 is 0 Å². The van der Waals surface area contributed by atoms with Crippen molar-refractivity contribution in [1.82, 2.24) is 10.2 Å². The Morgan fingerprint density at radius 2 is 1.69 bits per heavy atom. The van der Waals surface area contributed by atoms with Crippen molar-refractivity contribution in [1.29, 1.82) is 0 Å². The van der Waals surface area contributed by atoms with Crippen molar-refractivity contribution in [3.63, 3.8) is 0 Å². The molecule has 0 radical (unpaired) electrons. The van der Waals surface area contributed by atoms with Crippen molar-refractivity contribution >= 4 is 11.7 Å². The fourth-order valence-corrected chi connectivity index (χ4v) is 1.02. The molecule has 0 heterocycles. The number of Topliss-reactive ketones (excluding diaryl/α,β-unsaturated/α-hetero) is 1. The van der Waals surface area contributed by atoms with E-state index in [1.54, 1.807) is 25.2 Å². The van der Waals surface area contributed by atoms with Crippen LogP contribution in [0.4, 0.5) is 0 Å². The van der Waals surface area contributed by atoms with Crippen LogP contribution in [0.3, 0.4) is 0 Å². The van der Waals surface area contributed by atoms with Gasteiger partial charge in [-0.3, -0.25) is 9.59 Å². The molecule has 0 saturated carbocycles. The number of rotatable bonds is 5. The second-order valence-corrected chi connectivity index (χ2v) is 4.57. The van der Waals surface area contributed by atoms with Crippen LogP contribution in [0.2, 0.25) is 0 Å². The normalized spacial score (nSPS) is 13.6. The highest BCUT2D eigenvalue weighted by Gasteiger charge is 2.18. The molecule has 0 aliphatic carbocycles. The van der Waals surface area contributed by atoms with Crippen molar-refractivity contribution in [2.45, 2.75) is 33.7 Å². The molecule has 4 heteroatoms. The molecule has 1 N–H and O–H groups in total. The Hall–Kier alpha value is -1.32. The molecule has 0 aromatic heterocycles. The summed E-state index contributed by atoms with van der Waals surface area (Å²) < 4.78 is 0. The monoisotopic (exact) mass is 226 g/mol. The average molecular weight is 226 g/mol. The van der Waals surface area contributed by atoms with Crippen molar-refractivity contribution in [2.24, 2.45) is 5.92 Å². The molecule has 0 saturated heterocycles. The molecule has 92 valence electrons. The first-order chi connectivity index (χ1) is 7.25. The Morgan fingerprint density at radius 1 is 1.19 bits per heavy atom. The maximum Gasteiger partial charge on any atom is 0.256 e. The highest BCUT2D eigenvalue weighted by molar-refractivity contribution is 6.18. The molecule has 0 unspecified atom stereocenters. The number of ketones is 1. The van der Waals surface area contributed by atoms with Crippen LogP contribution in [0.5, 0.6) is 0 Å². The van der Waals surface area contributed by atoms with Gasteiger partial charge in [-0.2, -0.15) is 0 Å². The summed E-state index contributed by atoms with van der Waals surface area (Å²) >= 11 is 0. The Bertz CT molecular complexity index is 293. The lowest BCUT2D eigenvalue weighted by molar-refractivity contribution is -0.122. The minimum atomic E-state index is -0.303. The molecule has 0 bridgehead atoms. The number of amides is 1. The predicted octanol–water partition coefficient (Wildman–Crippen LogP) is 1.18. The summed E-state index contributed by atoms with van der Waals surface area (Å²) in [6.07, 6.45) is 1.55. The van der Waals surface area contributed by atoms with Gasteiger partial charge in [-0.1, -0.05) is 13.8 Å². The topological polar surface area (TPSA) is 49.4 Å². The van der Waals surface area contributed by atoms with Gasteiger partial charge < -0.3 is 10.2 Å². The molecule has 1 atom stereocenters. The molecule has 0 spiro atoms. The molecule has 0 rings (SSSR count). The lowest BCUT2D eigenvalue weighted by Crippen LogP contribution is -2.38. The number of hydrogen-bond acceptors (Lipinski definition) is 3. The molecule has 0 fully saturated rings. The smallest absolute Gasteiger partial charge is 0.256 e. The quantitative estimate of drug-likeness (QED) is 0.435. The van der Waals surface area contributed by atoms with Gasteiger partial charge in [-0.05, 0) is 19.8 Å². The van der Waals surface area contributed by atoms with Crippen molar-refractivity contribution in [2.75, 3.05) is 14.1 Å². The number of carbonyl (C=O) groups excluding carboxylic acids is 2. The van der Waals surface area contributed by atoms with E-state index in [2.05, 4.69) is 5.32 Å². The van der Waals surface area contributed by atoms with E-state index in [9.17, 15) is 9.59 Å². The van der Waals surface area contributed by atoms with Gasteiger partial charge in [0.2, 0.25) is 0 Å². The molecular formula is C12H22N2O2. The van der Waals surface area contributed by atoms with E-state index in [0.29, 0.717) is 5.92 Å². The standard InChI is InChI=1S/C12H22N2O2/c1-8(2)9(3)13-12(16)11(10(4)15)7-14(5)6/h7-9H,1-6H3,(H,13,16)/b11-7+/t9-/m0/s1. The predicted molar refractivity (Wildman–Crippen MR) is 64.9 cm³/mol. The van der Waals surface area contributed by atoms with Gasteiger partial charge >= 0.3 is 0 Å². The van der Waals surface area contributed by atoms with Gasteiger partial charge in [0, 0.05) is 26.3 Å². The average Bonchev–Trinajstić information content (AvgIpc) is 2.12. The zero-order valence-electron chi connectivity index (χ0n) is 11.0. The molecular weight excluding hydrogens is 204 g/mol. The van der Waals surface area contributed by atoms with Crippen LogP contribution in [0, 0.1) is 5.92 Å². The summed E-state index contributed by atoms with van der Waals surface area (Å²) in [5.41, 5.74) is 0.192. The maximum absolute atomic E-state index is 11.8. The minimum Gasteiger partial charge on any atom is -0.383 e. The minimum absolute atomic E-state index is 0.0532. The molecule has 0 aliphatic heterocycles. The first-order valence-corrected chi connectivity index (χ1v) is 5.45. The number of nitrogens with zero attached hydrogens (tertiary/aromatic N) is 1. The Balaban J connectivity index is 4.72. The second-order valence-electron chi connectivity index (χ2n) is 4.57. The highest BCUT2D eigenvalue weighted by Crippen LogP contribution is 2.03. The summed E-state index contributed by atoms with van der Waals surface area (Å²) in [6.45, 7) is 7.37. The van der Waals surface area contributed by atoms with Gasteiger partial charge in [-0.15, -0.1) is 0 Å². The van der Waals surface area contributed by atoms with Crippen LogP contribution >= 0.6 is 0 Å². The molecule has 1 amide bonds. The van der Waals surface area contributed by atoms with Gasteiger partial charge in [0.25, 0.3) is 5.91 Å². The van der Waals surface area contributed by atoms with Gasteiger partial charge in [-0.25, -0.2) is 0 Å². The van der Waals surface area contributed by atoms with Gasteiger partial charge in [0.1, 0.15) is 0 Å². The van der Waals surface area contributed by atoms with Crippen LogP contribution < -0.4 is 5.32 Å². The summed E-state index contributed by atoms with van der Waals surface area (Å²) in [5.74, 6) is -0.180.